The molecule has 3 aliphatic rings. The number of benzene rings is 1. The summed E-state index contributed by atoms with van der Waals surface area (Å²) in [7, 11) is 0. The van der Waals surface area contributed by atoms with E-state index in [9.17, 15) is 24.3 Å². The van der Waals surface area contributed by atoms with Crippen molar-refractivity contribution < 1.29 is 37.7 Å². The average Bonchev–Trinajstić information content (AvgIpc) is 3.56. The Balaban J connectivity index is 1.17. The Morgan fingerprint density at radius 2 is 1.90 bits per heavy atom. The van der Waals surface area contributed by atoms with E-state index in [1.165, 1.54) is 30.2 Å². The number of ketones is 1. The molecule has 1 amide bonds. The van der Waals surface area contributed by atoms with Crippen molar-refractivity contribution in [1.82, 2.24) is 9.55 Å². The molecule has 0 spiro atoms. The van der Waals surface area contributed by atoms with Crippen molar-refractivity contribution in [2.75, 3.05) is 29.4 Å². The van der Waals surface area contributed by atoms with Gasteiger partial charge < -0.3 is 28.8 Å². The highest BCUT2D eigenvalue weighted by molar-refractivity contribution is 5.92. The van der Waals surface area contributed by atoms with E-state index in [1.54, 1.807) is 15.5 Å². The van der Waals surface area contributed by atoms with Crippen molar-refractivity contribution in [1.29, 1.82) is 0 Å². The number of ether oxygens (including phenoxy) is 2. The second-order valence-electron chi connectivity index (χ2n) is 10.9. The Bertz CT molecular complexity index is 1670. The van der Waals surface area contributed by atoms with Crippen LogP contribution in [-0.4, -0.2) is 64.3 Å². The van der Waals surface area contributed by atoms with Gasteiger partial charge in [-0.25, -0.2) is 23.4 Å². The highest BCUT2D eigenvalue weighted by Gasteiger charge is 2.34. The molecule has 1 aliphatic carbocycles. The van der Waals surface area contributed by atoms with E-state index in [0.29, 0.717) is 25.1 Å². The number of carboxylic acid groups (broad SMARTS) is 1. The van der Waals surface area contributed by atoms with Crippen LogP contribution in [0.25, 0.3) is 11.0 Å². The van der Waals surface area contributed by atoms with Gasteiger partial charge in [0.05, 0.1) is 24.2 Å². The van der Waals surface area contributed by atoms with Crippen LogP contribution in [0.15, 0.2) is 35.3 Å². The van der Waals surface area contributed by atoms with Crippen molar-refractivity contribution >= 4 is 40.4 Å². The minimum absolute atomic E-state index is 0.00511. The van der Waals surface area contributed by atoms with Gasteiger partial charge in [-0.1, -0.05) is 0 Å². The second-order valence-corrected chi connectivity index (χ2v) is 10.9. The smallest absolute Gasteiger partial charge is 0.414 e. The zero-order valence-corrected chi connectivity index (χ0v) is 22.7. The number of aromatic carboxylic acids is 1. The minimum Gasteiger partial charge on any atom is -0.485 e. The number of hydrogen-bond acceptors (Lipinski definition) is 8. The summed E-state index contributed by atoms with van der Waals surface area (Å²) in [6.07, 6.45) is 2.45. The maximum atomic E-state index is 15.2. The summed E-state index contributed by atoms with van der Waals surface area (Å²) in [5, 5.41) is 9.34. The minimum atomic E-state index is -1.38. The van der Waals surface area contributed by atoms with Gasteiger partial charge in [-0.3, -0.25) is 9.69 Å². The second kappa shape index (κ2) is 10.7. The first-order valence-corrected chi connectivity index (χ1v) is 13.8. The lowest BCUT2D eigenvalue weighted by molar-refractivity contribution is -0.117. The number of pyridine rings is 2. The highest BCUT2D eigenvalue weighted by atomic mass is 19.1. The Labute approximate surface area is 238 Å². The summed E-state index contributed by atoms with van der Waals surface area (Å²) >= 11 is 0. The molecule has 3 fully saturated rings. The number of hydrogen-bond donors (Lipinski definition) is 1. The fourth-order valence-corrected chi connectivity index (χ4v) is 5.44. The molecule has 11 nitrogen and oxygen atoms in total. The van der Waals surface area contributed by atoms with Gasteiger partial charge in [0.15, 0.2) is 23.2 Å². The molecule has 4 heterocycles. The number of aromatic nitrogens is 2. The van der Waals surface area contributed by atoms with Crippen LogP contribution in [0.3, 0.4) is 0 Å². The number of cyclic esters (lactones) is 1. The maximum Gasteiger partial charge on any atom is 0.414 e. The predicted octanol–water partition coefficient (Wildman–Crippen LogP) is 4.06. The molecule has 220 valence electrons. The first kappa shape index (κ1) is 27.6. The Morgan fingerprint density at radius 3 is 2.60 bits per heavy atom. The van der Waals surface area contributed by atoms with Crippen molar-refractivity contribution in [3.05, 3.63) is 57.9 Å². The van der Waals surface area contributed by atoms with E-state index in [4.69, 9.17) is 9.47 Å². The van der Waals surface area contributed by atoms with Gasteiger partial charge in [0.1, 0.15) is 29.2 Å². The lowest BCUT2D eigenvalue weighted by Gasteiger charge is -2.21. The molecule has 2 aliphatic heterocycles. The molecule has 1 aromatic carbocycles. The highest BCUT2D eigenvalue weighted by Crippen LogP contribution is 2.37. The number of carbonyl (C=O) groups is 3. The molecule has 2 saturated heterocycles. The van der Waals surface area contributed by atoms with E-state index < -0.39 is 46.9 Å². The van der Waals surface area contributed by atoms with Crippen molar-refractivity contribution in [3.8, 4) is 5.75 Å². The Hall–Kier alpha value is -4.55. The standard InChI is InChI=1S/C29H28F2N4O7/c1-15(36)2-6-18-13-35(29(40)42-18)17-5-7-24(22(30)10-17)41-19-8-9-33(12-19)27-23(31)11-20-25(37)21(28(38)39)14-34(16-3-4-16)26(20)32-27/h5,7,10-11,14,16,18-19H,2-4,6,8-9,12-13H2,1H3,(H,38,39)/t18-,19+/m0/s1. The number of fused-ring (bicyclic) bond motifs is 1. The van der Waals surface area contributed by atoms with E-state index in [-0.39, 0.29) is 53.9 Å². The van der Waals surface area contributed by atoms with E-state index >= 15 is 8.78 Å². The van der Waals surface area contributed by atoms with Gasteiger partial charge in [-0.05, 0) is 44.4 Å². The third-order valence-electron chi connectivity index (χ3n) is 7.77. The van der Waals surface area contributed by atoms with Crippen LogP contribution in [0, 0.1) is 11.6 Å². The normalized spacial score (nSPS) is 20.3. The number of amides is 1. The van der Waals surface area contributed by atoms with Crippen molar-refractivity contribution in [2.45, 2.75) is 57.3 Å². The van der Waals surface area contributed by atoms with Gasteiger partial charge in [0.2, 0.25) is 5.43 Å². The molecule has 42 heavy (non-hydrogen) atoms. The third-order valence-corrected chi connectivity index (χ3v) is 7.77. The van der Waals surface area contributed by atoms with Crippen molar-refractivity contribution in [2.24, 2.45) is 0 Å². The SMILES string of the molecule is CC(=O)CC[C@H]1CN(c2ccc(O[C@@H]3CCN(c4nc5c(cc4F)c(=O)c(C(=O)O)cn5C4CC4)C3)c(F)c2)C(=O)O1. The molecule has 1 N–H and O–H groups in total. The molecule has 1 saturated carbocycles. The molecule has 2 atom stereocenters. The lowest BCUT2D eigenvalue weighted by Crippen LogP contribution is -2.27. The molecular formula is C29H28F2N4O7. The summed E-state index contributed by atoms with van der Waals surface area (Å²) in [5.74, 6) is -2.84. The van der Waals surface area contributed by atoms with Crippen LogP contribution in [0.1, 0.15) is 55.4 Å². The Kier molecular flexibility index (Phi) is 7.03. The number of carboxylic acids is 1. The summed E-state index contributed by atoms with van der Waals surface area (Å²) in [5.41, 5.74) is -0.694. The van der Waals surface area contributed by atoms with Gasteiger partial charge in [0, 0.05) is 37.7 Å². The van der Waals surface area contributed by atoms with E-state index in [0.717, 1.165) is 18.9 Å². The molecule has 2 aromatic heterocycles. The average molecular weight is 583 g/mol. The summed E-state index contributed by atoms with van der Waals surface area (Å²) < 4.78 is 43.1. The van der Waals surface area contributed by atoms with Crippen LogP contribution < -0.4 is 20.0 Å². The van der Waals surface area contributed by atoms with Crippen LogP contribution >= 0.6 is 0 Å². The number of Topliss-reactive ketones (excluding diaryl/α,β-unsaturated/α-hetero) is 1. The predicted molar refractivity (Wildman–Crippen MR) is 146 cm³/mol. The van der Waals surface area contributed by atoms with Crippen LogP contribution in [0.5, 0.6) is 5.75 Å². The van der Waals surface area contributed by atoms with E-state index in [2.05, 4.69) is 4.98 Å². The molecule has 0 bridgehead atoms. The number of halogens is 2. The van der Waals surface area contributed by atoms with E-state index in [1.807, 2.05) is 0 Å². The van der Waals surface area contributed by atoms with Gasteiger partial charge in [-0.15, -0.1) is 0 Å². The molecule has 6 rings (SSSR count). The summed E-state index contributed by atoms with van der Waals surface area (Å²) in [6, 6.07) is 5.18. The number of anilines is 2. The largest absolute Gasteiger partial charge is 0.485 e. The summed E-state index contributed by atoms with van der Waals surface area (Å²) in [6.45, 7) is 2.24. The first-order valence-electron chi connectivity index (χ1n) is 13.8. The number of carbonyl (C=O) groups excluding carboxylic acids is 2. The zero-order chi connectivity index (χ0) is 29.7. The first-order chi connectivity index (χ1) is 20.1. The molecule has 3 aromatic rings. The Morgan fingerprint density at radius 1 is 1.12 bits per heavy atom. The third kappa shape index (κ3) is 5.26. The van der Waals surface area contributed by atoms with Crippen molar-refractivity contribution in [3.63, 3.8) is 0 Å². The topological polar surface area (TPSA) is 131 Å². The fraction of sp³-hybridized carbons (Fsp3) is 0.414. The number of rotatable bonds is 9. The molecular weight excluding hydrogens is 554 g/mol. The van der Waals surface area contributed by atoms with Crippen LogP contribution in [-0.2, 0) is 9.53 Å². The molecule has 0 radical (unpaired) electrons. The van der Waals surface area contributed by atoms with Gasteiger partial charge in [0.25, 0.3) is 0 Å². The quantitative estimate of drug-likeness (QED) is 0.397. The molecule has 0 unspecified atom stereocenters. The van der Waals surface area contributed by atoms with Gasteiger partial charge >= 0.3 is 12.1 Å². The monoisotopic (exact) mass is 582 g/mol. The fourth-order valence-electron chi connectivity index (χ4n) is 5.44. The van der Waals surface area contributed by atoms with Crippen LogP contribution in [0.2, 0.25) is 0 Å². The summed E-state index contributed by atoms with van der Waals surface area (Å²) in [4.78, 5) is 55.2. The van der Waals surface area contributed by atoms with Gasteiger partial charge in [-0.2, -0.15) is 0 Å². The lowest BCUT2D eigenvalue weighted by atomic mass is 10.1. The maximum absolute atomic E-state index is 15.2. The molecule has 13 heteroatoms. The zero-order valence-electron chi connectivity index (χ0n) is 22.7. The number of nitrogens with zero attached hydrogens (tertiary/aromatic N) is 4. The van der Waals surface area contributed by atoms with Crippen LogP contribution in [0.4, 0.5) is 25.1 Å².